The van der Waals surface area contributed by atoms with Gasteiger partial charge in [-0.05, 0) is 31.7 Å². The van der Waals surface area contributed by atoms with Crippen LogP contribution < -0.4 is 0 Å². The van der Waals surface area contributed by atoms with Gasteiger partial charge in [0.15, 0.2) is 0 Å². The van der Waals surface area contributed by atoms with E-state index in [1.807, 2.05) is 6.07 Å². The Morgan fingerprint density at radius 3 is 2.50 bits per heavy atom. The molecule has 0 N–H and O–H groups in total. The van der Waals surface area contributed by atoms with Gasteiger partial charge in [-0.2, -0.15) is 0 Å². The van der Waals surface area contributed by atoms with Crippen molar-refractivity contribution in [1.82, 2.24) is 0 Å². The lowest BCUT2D eigenvalue weighted by molar-refractivity contribution is 0.914. The Kier molecular flexibility index (Phi) is 7.42. The van der Waals surface area contributed by atoms with Crippen molar-refractivity contribution in [2.75, 3.05) is 0 Å². The zero-order chi connectivity index (χ0) is 14.8. The summed E-state index contributed by atoms with van der Waals surface area (Å²) in [5.41, 5.74) is 3.92. The van der Waals surface area contributed by atoms with Crippen molar-refractivity contribution >= 4 is 6.08 Å². The fourth-order valence-electron chi connectivity index (χ4n) is 2.10. The summed E-state index contributed by atoms with van der Waals surface area (Å²) in [4.78, 5) is 0. The van der Waals surface area contributed by atoms with Crippen molar-refractivity contribution in [2.24, 2.45) is 5.92 Å². The summed E-state index contributed by atoms with van der Waals surface area (Å²) in [6.07, 6.45) is 14.4. The Hall–Kier alpha value is -1.82. The predicted octanol–water partition coefficient (Wildman–Crippen LogP) is 6.19. The molecule has 0 bridgehead atoms. The fourth-order valence-corrected chi connectivity index (χ4v) is 2.10. The molecule has 0 fully saturated rings. The van der Waals surface area contributed by atoms with Gasteiger partial charge in [-0.3, -0.25) is 0 Å². The Morgan fingerprint density at radius 2 is 1.90 bits per heavy atom. The standard InChI is InChI=1S/C20H26/c1-5-10-17(3)15-19(6-2)16-18(4)13-14-20-11-8-7-9-12-20/h5,7-17H,6H2,1-4H3. The van der Waals surface area contributed by atoms with Crippen LogP contribution in [0.1, 0.15) is 39.7 Å². The van der Waals surface area contributed by atoms with E-state index in [0.29, 0.717) is 5.92 Å². The van der Waals surface area contributed by atoms with Gasteiger partial charge in [0.2, 0.25) is 0 Å². The van der Waals surface area contributed by atoms with E-state index in [9.17, 15) is 0 Å². The number of benzene rings is 1. The van der Waals surface area contributed by atoms with Gasteiger partial charge >= 0.3 is 0 Å². The van der Waals surface area contributed by atoms with E-state index < -0.39 is 0 Å². The van der Waals surface area contributed by atoms with Gasteiger partial charge in [0, 0.05) is 0 Å². The maximum atomic E-state index is 2.33. The topological polar surface area (TPSA) is 0 Å². The van der Waals surface area contributed by atoms with Crippen LogP contribution in [0.2, 0.25) is 0 Å². The highest BCUT2D eigenvalue weighted by Gasteiger charge is 1.95. The van der Waals surface area contributed by atoms with Gasteiger partial charge < -0.3 is 0 Å². The van der Waals surface area contributed by atoms with E-state index in [-0.39, 0.29) is 0 Å². The third kappa shape index (κ3) is 6.38. The van der Waals surface area contributed by atoms with E-state index in [2.05, 4.69) is 88.4 Å². The summed E-state index contributed by atoms with van der Waals surface area (Å²) in [5.74, 6) is 0.497. The zero-order valence-electron chi connectivity index (χ0n) is 13.1. The highest BCUT2D eigenvalue weighted by atomic mass is 14.0. The lowest BCUT2D eigenvalue weighted by atomic mass is 10.0. The first kappa shape index (κ1) is 16.2. The van der Waals surface area contributed by atoms with Gasteiger partial charge in [0.25, 0.3) is 0 Å². The Labute approximate surface area is 124 Å². The molecule has 0 heterocycles. The average molecular weight is 266 g/mol. The molecular formula is C20H26. The van der Waals surface area contributed by atoms with Gasteiger partial charge in [-0.15, -0.1) is 0 Å². The summed E-state index contributed by atoms with van der Waals surface area (Å²) in [6.45, 7) is 8.65. The largest absolute Gasteiger partial charge is 0.0911 e. The number of hydrogen-bond acceptors (Lipinski definition) is 0. The second kappa shape index (κ2) is 9.14. The monoisotopic (exact) mass is 266 g/mol. The first-order chi connectivity index (χ1) is 9.65. The molecule has 1 rings (SSSR count). The smallest absolute Gasteiger partial charge is 0.00762 e. The quantitative estimate of drug-likeness (QED) is 0.425. The summed E-state index contributed by atoms with van der Waals surface area (Å²) in [5, 5.41) is 0. The van der Waals surface area contributed by atoms with Crippen molar-refractivity contribution in [2.45, 2.75) is 34.1 Å². The minimum atomic E-state index is 0.497. The minimum Gasteiger partial charge on any atom is -0.0911 e. The predicted molar refractivity (Wildman–Crippen MR) is 91.6 cm³/mol. The molecule has 0 saturated carbocycles. The molecular weight excluding hydrogens is 240 g/mol. The molecule has 0 aliphatic carbocycles. The molecule has 0 heteroatoms. The molecule has 0 saturated heterocycles. The first-order valence-corrected chi connectivity index (χ1v) is 7.40. The van der Waals surface area contributed by atoms with Crippen LogP contribution in [0.15, 0.2) is 71.9 Å². The van der Waals surface area contributed by atoms with Crippen LogP contribution in [0.25, 0.3) is 6.08 Å². The summed E-state index contributed by atoms with van der Waals surface area (Å²) >= 11 is 0. The third-order valence-electron chi connectivity index (χ3n) is 3.13. The van der Waals surface area contributed by atoms with Crippen LogP contribution in [0.4, 0.5) is 0 Å². The van der Waals surface area contributed by atoms with E-state index in [4.69, 9.17) is 0 Å². The van der Waals surface area contributed by atoms with Gasteiger partial charge in [-0.1, -0.05) is 91.8 Å². The van der Waals surface area contributed by atoms with Gasteiger partial charge in [0.05, 0.1) is 0 Å². The SMILES string of the molecule is CC=CC(C)C=C(C=C(C)C=Cc1ccccc1)CC. The van der Waals surface area contributed by atoms with Gasteiger partial charge in [0.1, 0.15) is 0 Å². The first-order valence-electron chi connectivity index (χ1n) is 7.40. The minimum absolute atomic E-state index is 0.497. The van der Waals surface area contributed by atoms with E-state index >= 15 is 0 Å². The maximum Gasteiger partial charge on any atom is -0.00762 e. The van der Waals surface area contributed by atoms with Crippen LogP contribution in [0.5, 0.6) is 0 Å². The molecule has 1 unspecified atom stereocenters. The zero-order valence-corrected chi connectivity index (χ0v) is 13.1. The molecule has 0 aliphatic heterocycles. The Bertz CT molecular complexity index is 498. The highest BCUT2D eigenvalue weighted by Crippen LogP contribution is 2.13. The third-order valence-corrected chi connectivity index (χ3v) is 3.13. The number of allylic oxidation sites excluding steroid dienone is 7. The normalized spacial score (nSPS) is 15.2. The Morgan fingerprint density at radius 1 is 1.20 bits per heavy atom. The molecule has 20 heavy (non-hydrogen) atoms. The Balaban J connectivity index is 2.78. The number of hydrogen-bond donors (Lipinski definition) is 0. The maximum absolute atomic E-state index is 2.33. The summed E-state index contributed by atoms with van der Waals surface area (Å²) in [6, 6.07) is 10.4. The molecule has 0 radical (unpaired) electrons. The second-order valence-corrected chi connectivity index (χ2v) is 5.11. The van der Waals surface area contributed by atoms with Crippen molar-refractivity contribution < 1.29 is 0 Å². The second-order valence-electron chi connectivity index (χ2n) is 5.11. The average Bonchev–Trinajstić information content (AvgIpc) is 2.45. The molecule has 0 nitrogen and oxygen atoms in total. The lowest BCUT2D eigenvalue weighted by Gasteiger charge is -2.03. The number of rotatable bonds is 6. The van der Waals surface area contributed by atoms with Crippen LogP contribution >= 0.6 is 0 Å². The van der Waals surface area contributed by atoms with Crippen LogP contribution in [0.3, 0.4) is 0 Å². The fraction of sp³-hybridized carbons (Fsp3) is 0.300. The van der Waals surface area contributed by atoms with Crippen LogP contribution in [0, 0.1) is 5.92 Å². The molecule has 1 atom stereocenters. The highest BCUT2D eigenvalue weighted by molar-refractivity contribution is 5.53. The van der Waals surface area contributed by atoms with Crippen LogP contribution in [-0.4, -0.2) is 0 Å². The van der Waals surface area contributed by atoms with Crippen molar-refractivity contribution in [3.8, 4) is 0 Å². The molecule has 1 aromatic rings. The molecule has 0 aromatic heterocycles. The summed E-state index contributed by atoms with van der Waals surface area (Å²) < 4.78 is 0. The lowest BCUT2D eigenvalue weighted by Crippen LogP contribution is -1.86. The van der Waals surface area contributed by atoms with Crippen LogP contribution in [-0.2, 0) is 0 Å². The van der Waals surface area contributed by atoms with E-state index in [1.165, 1.54) is 16.7 Å². The van der Waals surface area contributed by atoms with Gasteiger partial charge in [-0.25, -0.2) is 0 Å². The van der Waals surface area contributed by atoms with E-state index in [1.54, 1.807) is 0 Å². The van der Waals surface area contributed by atoms with E-state index in [0.717, 1.165) is 6.42 Å². The molecule has 1 aromatic carbocycles. The molecule has 0 amide bonds. The molecule has 0 aliphatic rings. The summed E-state index contributed by atoms with van der Waals surface area (Å²) in [7, 11) is 0. The molecule has 106 valence electrons. The van der Waals surface area contributed by atoms with Crippen molar-refractivity contribution in [3.05, 3.63) is 77.4 Å². The van der Waals surface area contributed by atoms with Crippen molar-refractivity contribution in [3.63, 3.8) is 0 Å². The van der Waals surface area contributed by atoms with Crippen molar-refractivity contribution in [1.29, 1.82) is 0 Å². The molecule has 0 spiro atoms.